The van der Waals surface area contributed by atoms with E-state index in [2.05, 4.69) is 4.90 Å². The zero-order valence-corrected chi connectivity index (χ0v) is 10.8. The highest BCUT2D eigenvalue weighted by molar-refractivity contribution is 5.29. The van der Waals surface area contributed by atoms with Crippen LogP contribution in [0.1, 0.15) is 11.6 Å². The fraction of sp³-hybridized carbons (Fsp3) is 0.538. The van der Waals surface area contributed by atoms with Crippen molar-refractivity contribution in [2.45, 2.75) is 6.04 Å². The van der Waals surface area contributed by atoms with E-state index >= 15 is 0 Å². The highest BCUT2D eigenvalue weighted by atomic mass is 16.5. The minimum absolute atomic E-state index is 0.0164. The molecule has 1 aromatic carbocycles. The van der Waals surface area contributed by atoms with Gasteiger partial charge in [-0.3, -0.25) is 0 Å². The molecule has 0 aliphatic carbocycles. The molecule has 1 unspecified atom stereocenters. The van der Waals surface area contributed by atoms with E-state index in [1.807, 2.05) is 31.3 Å². The molecular formula is C13H22N2O2. The van der Waals surface area contributed by atoms with Gasteiger partial charge in [-0.05, 0) is 24.7 Å². The zero-order valence-electron chi connectivity index (χ0n) is 10.8. The van der Waals surface area contributed by atoms with Crippen molar-refractivity contribution in [3.05, 3.63) is 29.8 Å². The van der Waals surface area contributed by atoms with Crippen LogP contribution in [0.3, 0.4) is 0 Å². The van der Waals surface area contributed by atoms with Crippen LogP contribution in [0.5, 0.6) is 5.75 Å². The zero-order chi connectivity index (χ0) is 12.7. The lowest BCUT2D eigenvalue weighted by molar-refractivity contribution is 0.158. The average molecular weight is 238 g/mol. The van der Waals surface area contributed by atoms with E-state index in [0.717, 1.165) is 31.0 Å². The minimum Gasteiger partial charge on any atom is -0.497 e. The van der Waals surface area contributed by atoms with Gasteiger partial charge in [-0.25, -0.2) is 0 Å². The van der Waals surface area contributed by atoms with E-state index in [4.69, 9.17) is 15.2 Å². The van der Waals surface area contributed by atoms with Gasteiger partial charge < -0.3 is 20.1 Å². The smallest absolute Gasteiger partial charge is 0.118 e. The van der Waals surface area contributed by atoms with Crippen LogP contribution in [-0.4, -0.2) is 45.9 Å². The number of hydrogen-bond acceptors (Lipinski definition) is 4. The molecule has 0 aromatic heterocycles. The summed E-state index contributed by atoms with van der Waals surface area (Å²) in [5.41, 5.74) is 7.26. The Labute approximate surface area is 103 Å². The molecule has 0 amide bonds. The molecule has 4 nitrogen and oxygen atoms in total. The highest BCUT2D eigenvalue weighted by Gasteiger charge is 2.09. The first kappa shape index (κ1) is 14.0. The van der Waals surface area contributed by atoms with Crippen molar-refractivity contribution in [3.8, 4) is 5.75 Å². The van der Waals surface area contributed by atoms with E-state index in [1.54, 1.807) is 14.2 Å². The summed E-state index contributed by atoms with van der Waals surface area (Å²) < 4.78 is 10.1. The Hall–Kier alpha value is -1.10. The first-order chi connectivity index (χ1) is 8.17. The summed E-state index contributed by atoms with van der Waals surface area (Å²) in [5, 5.41) is 0. The first-order valence-electron chi connectivity index (χ1n) is 5.74. The van der Waals surface area contributed by atoms with E-state index in [1.165, 1.54) is 0 Å². The Morgan fingerprint density at radius 2 is 1.88 bits per heavy atom. The lowest BCUT2D eigenvalue weighted by atomic mass is 10.1. The first-order valence-corrected chi connectivity index (χ1v) is 5.74. The van der Waals surface area contributed by atoms with Crippen LogP contribution in [0.25, 0.3) is 0 Å². The van der Waals surface area contributed by atoms with Crippen LogP contribution >= 0.6 is 0 Å². The number of benzene rings is 1. The van der Waals surface area contributed by atoms with E-state index < -0.39 is 0 Å². The number of rotatable bonds is 7. The fourth-order valence-corrected chi connectivity index (χ4v) is 1.63. The second kappa shape index (κ2) is 7.27. The number of ether oxygens (including phenoxy) is 2. The van der Waals surface area contributed by atoms with Crippen LogP contribution in [-0.2, 0) is 4.74 Å². The maximum absolute atomic E-state index is 6.14. The van der Waals surface area contributed by atoms with Gasteiger partial charge in [0.1, 0.15) is 5.75 Å². The van der Waals surface area contributed by atoms with Crippen LogP contribution in [0.4, 0.5) is 0 Å². The summed E-state index contributed by atoms with van der Waals surface area (Å²) >= 11 is 0. The molecule has 1 aromatic rings. The predicted molar refractivity (Wildman–Crippen MR) is 69.3 cm³/mol. The number of methoxy groups -OCH3 is 2. The van der Waals surface area contributed by atoms with Crippen molar-refractivity contribution in [1.82, 2.24) is 4.90 Å². The highest BCUT2D eigenvalue weighted by Crippen LogP contribution is 2.16. The predicted octanol–water partition coefficient (Wildman–Crippen LogP) is 1.27. The van der Waals surface area contributed by atoms with Crippen LogP contribution in [0, 0.1) is 0 Å². The quantitative estimate of drug-likeness (QED) is 0.777. The molecule has 1 rings (SSSR count). The third-order valence-electron chi connectivity index (χ3n) is 2.73. The van der Waals surface area contributed by atoms with Crippen molar-refractivity contribution < 1.29 is 9.47 Å². The van der Waals surface area contributed by atoms with Gasteiger partial charge in [-0.2, -0.15) is 0 Å². The summed E-state index contributed by atoms with van der Waals surface area (Å²) in [6.07, 6.45) is 0. The number of likely N-dealkylation sites (N-methyl/N-ethyl adjacent to an activating group) is 1. The summed E-state index contributed by atoms with van der Waals surface area (Å²) in [4.78, 5) is 2.17. The van der Waals surface area contributed by atoms with Gasteiger partial charge in [0.15, 0.2) is 0 Å². The standard InChI is InChI=1S/C13H22N2O2/c1-15(8-9-16-2)10-13(14)11-4-6-12(17-3)7-5-11/h4-7,13H,8-10,14H2,1-3H3. The summed E-state index contributed by atoms with van der Waals surface area (Å²) in [6.45, 7) is 2.43. The van der Waals surface area contributed by atoms with Crippen LogP contribution in [0.2, 0.25) is 0 Å². The van der Waals surface area contributed by atoms with Crippen molar-refractivity contribution >= 4 is 0 Å². The maximum Gasteiger partial charge on any atom is 0.118 e. The SMILES string of the molecule is COCCN(C)CC(N)c1ccc(OC)cc1. The molecule has 0 bridgehead atoms. The molecule has 4 heteroatoms. The summed E-state index contributed by atoms with van der Waals surface area (Å²) in [5.74, 6) is 0.855. The van der Waals surface area contributed by atoms with Gasteiger partial charge in [0, 0.05) is 26.2 Å². The molecular weight excluding hydrogens is 216 g/mol. The minimum atomic E-state index is 0.0164. The Bertz CT molecular complexity index is 314. The fourth-order valence-electron chi connectivity index (χ4n) is 1.63. The largest absolute Gasteiger partial charge is 0.497 e. The van der Waals surface area contributed by atoms with E-state index in [-0.39, 0.29) is 6.04 Å². The Morgan fingerprint density at radius 3 is 2.41 bits per heavy atom. The number of hydrogen-bond donors (Lipinski definition) is 1. The van der Waals surface area contributed by atoms with Crippen molar-refractivity contribution in [2.75, 3.05) is 41.0 Å². The molecule has 0 aliphatic heterocycles. The molecule has 1 atom stereocenters. The summed E-state index contributed by atoms with van der Waals surface area (Å²) in [7, 11) is 5.41. The second-order valence-corrected chi connectivity index (χ2v) is 4.13. The van der Waals surface area contributed by atoms with E-state index in [0.29, 0.717) is 0 Å². The molecule has 0 aliphatic rings. The molecule has 2 N–H and O–H groups in total. The molecule has 0 heterocycles. The lowest BCUT2D eigenvalue weighted by Gasteiger charge is -2.21. The van der Waals surface area contributed by atoms with Crippen LogP contribution in [0.15, 0.2) is 24.3 Å². The Morgan fingerprint density at radius 1 is 1.24 bits per heavy atom. The maximum atomic E-state index is 6.14. The third-order valence-corrected chi connectivity index (χ3v) is 2.73. The van der Waals surface area contributed by atoms with Gasteiger partial charge in [0.2, 0.25) is 0 Å². The molecule has 0 saturated heterocycles. The van der Waals surface area contributed by atoms with Crippen molar-refractivity contribution in [1.29, 1.82) is 0 Å². The number of nitrogens with two attached hydrogens (primary N) is 1. The normalized spacial score (nSPS) is 12.8. The average Bonchev–Trinajstić information content (AvgIpc) is 2.36. The molecule has 96 valence electrons. The van der Waals surface area contributed by atoms with Gasteiger partial charge in [-0.15, -0.1) is 0 Å². The van der Waals surface area contributed by atoms with Gasteiger partial charge in [0.05, 0.1) is 13.7 Å². The van der Waals surface area contributed by atoms with Gasteiger partial charge >= 0.3 is 0 Å². The third kappa shape index (κ3) is 4.73. The van der Waals surface area contributed by atoms with Gasteiger partial charge in [-0.1, -0.05) is 12.1 Å². The van der Waals surface area contributed by atoms with Crippen molar-refractivity contribution in [3.63, 3.8) is 0 Å². The Kier molecular flexibility index (Phi) is 5.97. The number of nitrogens with zero attached hydrogens (tertiary/aromatic N) is 1. The Balaban J connectivity index is 2.47. The molecule has 0 saturated carbocycles. The topological polar surface area (TPSA) is 47.7 Å². The van der Waals surface area contributed by atoms with Crippen molar-refractivity contribution in [2.24, 2.45) is 5.73 Å². The monoisotopic (exact) mass is 238 g/mol. The lowest BCUT2D eigenvalue weighted by Crippen LogP contribution is -2.31. The summed E-state index contributed by atoms with van der Waals surface area (Å²) in [6, 6.07) is 7.90. The molecule has 0 spiro atoms. The van der Waals surface area contributed by atoms with Crippen LogP contribution < -0.4 is 10.5 Å². The molecule has 17 heavy (non-hydrogen) atoms. The van der Waals surface area contributed by atoms with E-state index in [9.17, 15) is 0 Å². The van der Waals surface area contributed by atoms with Gasteiger partial charge in [0.25, 0.3) is 0 Å². The molecule has 0 radical (unpaired) electrons. The second-order valence-electron chi connectivity index (χ2n) is 4.13. The molecule has 0 fully saturated rings.